The van der Waals surface area contributed by atoms with Gasteiger partial charge in [-0.25, -0.2) is 0 Å². The molecule has 1 fully saturated rings. The molecule has 6 heteroatoms. The Morgan fingerprint density at radius 1 is 1.08 bits per heavy atom. The van der Waals surface area contributed by atoms with Crippen LogP contribution in [-0.2, 0) is 0 Å². The van der Waals surface area contributed by atoms with E-state index in [1.807, 2.05) is 19.1 Å². The van der Waals surface area contributed by atoms with Gasteiger partial charge in [-0.15, -0.1) is 0 Å². The van der Waals surface area contributed by atoms with Gasteiger partial charge in [-0.1, -0.05) is 0 Å². The summed E-state index contributed by atoms with van der Waals surface area (Å²) in [5.41, 5.74) is 10.0. The van der Waals surface area contributed by atoms with Crippen LogP contribution in [0.15, 0.2) is 30.3 Å². The summed E-state index contributed by atoms with van der Waals surface area (Å²) >= 11 is 0. The van der Waals surface area contributed by atoms with Crippen LogP contribution in [-0.4, -0.2) is 33.2 Å². The second-order valence-corrected chi connectivity index (χ2v) is 6.44. The maximum absolute atomic E-state index is 12.7. The Kier molecular flexibility index (Phi) is 5.21. The highest BCUT2D eigenvalue weighted by molar-refractivity contribution is 6.06. The van der Waals surface area contributed by atoms with Gasteiger partial charge in [-0.05, 0) is 55.7 Å². The molecule has 0 bridgehead atoms. The summed E-state index contributed by atoms with van der Waals surface area (Å²) in [7, 11) is 3.10. The average Bonchev–Trinajstić information content (AvgIpc) is 3.17. The van der Waals surface area contributed by atoms with Crippen molar-refractivity contribution in [2.45, 2.75) is 19.8 Å². The SMILES string of the molecule is COc1ccc(C(=O)Nc2cc(N3CCCC3)c(C)cc2N)cc1OC. The molecule has 1 amide bonds. The van der Waals surface area contributed by atoms with E-state index in [0.29, 0.717) is 28.4 Å². The fraction of sp³-hybridized carbons (Fsp3) is 0.350. The number of carbonyl (C=O) groups is 1. The number of nitrogens with zero attached hydrogens (tertiary/aromatic N) is 1. The molecule has 0 spiro atoms. The number of anilines is 3. The van der Waals surface area contributed by atoms with E-state index in [1.54, 1.807) is 32.4 Å². The van der Waals surface area contributed by atoms with Gasteiger partial charge >= 0.3 is 0 Å². The zero-order valence-corrected chi connectivity index (χ0v) is 15.5. The predicted octanol–water partition coefficient (Wildman–Crippen LogP) is 3.45. The van der Waals surface area contributed by atoms with Crippen molar-refractivity contribution in [3.8, 4) is 11.5 Å². The summed E-state index contributed by atoms with van der Waals surface area (Å²) in [6.45, 7) is 4.12. The van der Waals surface area contributed by atoms with Crippen LogP contribution in [0.5, 0.6) is 11.5 Å². The number of benzene rings is 2. The summed E-state index contributed by atoms with van der Waals surface area (Å²) in [6, 6.07) is 8.94. The summed E-state index contributed by atoms with van der Waals surface area (Å²) in [4.78, 5) is 15.0. The summed E-state index contributed by atoms with van der Waals surface area (Å²) in [5.74, 6) is 0.846. The van der Waals surface area contributed by atoms with E-state index in [9.17, 15) is 4.79 Å². The van der Waals surface area contributed by atoms with Crippen molar-refractivity contribution in [3.05, 3.63) is 41.5 Å². The number of nitrogen functional groups attached to an aromatic ring is 1. The van der Waals surface area contributed by atoms with Crippen molar-refractivity contribution < 1.29 is 14.3 Å². The largest absolute Gasteiger partial charge is 0.493 e. The molecular formula is C20H25N3O3. The number of hydrogen-bond acceptors (Lipinski definition) is 5. The number of rotatable bonds is 5. The second-order valence-electron chi connectivity index (χ2n) is 6.44. The van der Waals surface area contributed by atoms with Gasteiger partial charge in [0.05, 0.1) is 25.6 Å². The number of methoxy groups -OCH3 is 2. The third-order valence-electron chi connectivity index (χ3n) is 4.71. The van der Waals surface area contributed by atoms with E-state index in [-0.39, 0.29) is 5.91 Å². The van der Waals surface area contributed by atoms with Crippen LogP contribution in [0.3, 0.4) is 0 Å². The van der Waals surface area contributed by atoms with Crippen molar-refractivity contribution >= 4 is 23.0 Å². The Bertz CT molecular complexity index is 814. The first-order valence-corrected chi connectivity index (χ1v) is 8.72. The lowest BCUT2D eigenvalue weighted by atomic mass is 10.1. The first-order valence-electron chi connectivity index (χ1n) is 8.72. The van der Waals surface area contributed by atoms with Crippen molar-refractivity contribution in [2.24, 2.45) is 0 Å². The molecule has 6 nitrogen and oxygen atoms in total. The molecule has 1 saturated heterocycles. The van der Waals surface area contributed by atoms with Crippen LogP contribution in [0, 0.1) is 6.92 Å². The average molecular weight is 355 g/mol. The van der Waals surface area contributed by atoms with Gasteiger partial charge in [0, 0.05) is 24.3 Å². The van der Waals surface area contributed by atoms with E-state index < -0.39 is 0 Å². The quantitative estimate of drug-likeness (QED) is 0.804. The van der Waals surface area contributed by atoms with Gasteiger partial charge in [0.15, 0.2) is 11.5 Å². The molecule has 2 aromatic rings. The topological polar surface area (TPSA) is 76.8 Å². The maximum Gasteiger partial charge on any atom is 0.255 e. The molecule has 1 aliphatic heterocycles. The molecule has 0 saturated carbocycles. The molecule has 0 atom stereocenters. The van der Waals surface area contributed by atoms with Crippen molar-refractivity contribution in [1.82, 2.24) is 0 Å². The smallest absolute Gasteiger partial charge is 0.255 e. The van der Waals surface area contributed by atoms with E-state index in [2.05, 4.69) is 10.2 Å². The Morgan fingerprint density at radius 2 is 1.77 bits per heavy atom. The van der Waals surface area contributed by atoms with Crippen molar-refractivity contribution in [3.63, 3.8) is 0 Å². The van der Waals surface area contributed by atoms with Crippen molar-refractivity contribution in [1.29, 1.82) is 0 Å². The van der Waals surface area contributed by atoms with Crippen LogP contribution in [0.25, 0.3) is 0 Å². The molecule has 138 valence electrons. The van der Waals surface area contributed by atoms with Gasteiger partial charge < -0.3 is 25.4 Å². The summed E-state index contributed by atoms with van der Waals surface area (Å²) < 4.78 is 10.5. The second kappa shape index (κ2) is 7.56. The van der Waals surface area contributed by atoms with Gasteiger partial charge in [0.2, 0.25) is 0 Å². The summed E-state index contributed by atoms with van der Waals surface area (Å²) in [5, 5.41) is 2.92. The van der Waals surface area contributed by atoms with Gasteiger partial charge in [0.1, 0.15) is 0 Å². The Hall–Kier alpha value is -2.89. The number of aryl methyl sites for hydroxylation is 1. The normalized spacial score (nSPS) is 13.6. The van der Waals surface area contributed by atoms with Crippen LogP contribution < -0.4 is 25.4 Å². The van der Waals surface area contributed by atoms with Gasteiger partial charge in [-0.2, -0.15) is 0 Å². The van der Waals surface area contributed by atoms with Crippen LogP contribution in [0.2, 0.25) is 0 Å². The number of carbonyl (C=O) groups excluding carboxylic acids is 1. The monoisotopic (exact) mass is 355 g/mol. The Balaban J connectivity index is 1.86. The molecule has 0 radical (unpaired) electrons. The number of amides is 1. The highest BCUT2D eigenvalue weighted by atomic mass is 16.5. The lowest BCUT2D eigenvalue weighted by molar-refractivity contribution is 0.102. The van der Waals surface area contributed by atoms with Gasteiger partial charge in [0.25, 0.3) is 5.91 Å². The molecule has 0 unspecified atom stereocenters. The van der Waals surface area contributed by atoms with E-state index in [1.165, 1.54) is 12.8 Å². The molecule has 2 aromatic carbocycles. The van der Waals surface area contributed by atoms with E-state index in [4.69, 9.17) is 15.2 Å². The Morgan fingerprint density at radius 3 is 2.42 bits per heavy atom. The number of nitrogens with two attached hydrogens (primary N) is 1. The Labute approximate surface area is 153 Å². The van der Waals surface area contributed by atoms with Gasteiger partial charge in [-0.3, -0.25) is 4.79 Å². The lowest BCUT2D eigenvalue weighted by Crippen LogP contribution is -2.20. The number of nitrogens with one attached hydrogen (secondary N) is 1. The first kappa shape index (κ1) is 17.9. The maximum atomic E-state index is 12.7. The minimum absolute atomic E-state index is 0.242. The lowest BCUT2D eigenvalue weighted by Gasteiger charge is -2.22. The molecule has 1 aliphatic rings. The number of ether oxygens (including phenoxy) is 2. The molecule has 0 aromatic heterocycles. The fourth-order valence-electron chi connectivity index (χ4n) is 3.30. The molecule has 1 heterocycles. The predicted molar refractivity (Wildman–Crippen MR) is 105 cm³/mol. The van der Waals surface area contributed by atoms with Crippen molar-refractivity contribution in [2.75, 3.05) is 43.3 Å². The highest BCUT2D eigenvalue weighted by Crippen LogP contribution is 2.33. The number of hydrogen-bond donors (Lipinski definition) is 2. The minimum atomic E-state index is -0.242. The van der Waals surface area contributed by atoms with Crippen LogP contribution in [0.4, 0.5) is 17.1 Å². The standard InChI is InChI=1S/C20H25N3O3/c1-13-10-15(21)16(12-17(13)23-8-4-5-9-23)22-20(24)14-6-7-18(25-2)19(11-14)26-3/h6-7,10-12H,4-5,8-9,21H2,1-3H3,(H,22,24). The van der Waals surface area contributed by atoms with E-state index >= 15 is 0 Å². The highest BCUT2D eigenvalue weighted by Gasteiger charge is 2.18. The fourth-order valence-corrected chi connectivity index (χ4v) is 3.30. The minimum Gasteiger partial charge on any atom is -0.493 e. The van der Waals surface area contributed by atoms with Crippen LogP contribution in [0.1, 0.15) is 28.8 Å². The molecule has 3 N–H and O–H groups in total. The first-order chi connectivity index (χ1) is 12.5. The third-order valence-corrected chi connectivity index (χ3v) is 4.71. The van der Waals surface area contributed by atoms with Crippen LogP contribution >= 0.6 is 0 Å². The molecule has 26 heavy (non-hydrogen) atoms. The molecule has 3 rings (SSSR count). The zero-order valence-electron chi connectivity index (χ0n) is 15.5. The van der Waals surface area contributed by atoms with E-state index in [0.717, 1.165) is 24.3 Å². The third kappa shape index (κ3) is 3.54. The molecule has 0 aliphatic carbocycles. The zero-order chi connectivity index (χ0) is 18.7. The molecular weight excluding hydrogens is 330 g/mol. The summed E-state index contributed by atoms with van der Waals surface area (Å²) in [6.07, 6.45) is 2.38.